The second kappa shape index (κ2) is 13.1. The third-order valence-electron chi connectivity index (χ3n) is 6.30. The molecule has 1 aromatic rings. The summed E-state index contributed by atoms with van der Waals surface area (Å²) in [4.78, 5) is 2.41. The third-order valence-corrected chi connectivity index (χ3v) is 6.30. The lowest BCUT2D eigenvalue weighted by atomic mass is 9.96. The molecular weight excluding hydrogens is 366 g/mol. The van der Waals surface area contributed by atoms with E-state index in [0.717, 1.165) is 57.1 Å². The van der Waals surface area contributed by atoms with E-state index in [1.54, 1.807) is 13.2 Å². The number of hydrogen-bond donors (Lipinski definition) is 3. The SMILES string of the molecule is CCCCCCCC(O)CC(CCc1ccc(O)c(OC)c1)N1CCCC1CO. The first-order valence-corrected chi connectivity index (χ1v) is 11.5. The molecule has 3 atom stereocenters. The molecule has 1 fully saturated rings. The normalized spacial score (nSPS) is 19.4. The Morgan fingerprint density at radius 2 is 1.97 bits per heavy atom. The lowest BCUT2D eigenvalue weighted by molar-refractivity contribution is 0.0649. The number of likely N-dealkylation sites (tertiary alicyclic amines) is 1. The minimum atomic E-state index is -0.282. The maximum Gasteiger partial charge on any atom is 0.160 e. The number of hydrogen-bond acceptors (Lipinski definition) is 5. The summed E-state index contributed by atoms with van der Waals surface area (Å²) in [6.45, 7) is 3.41. The van der Waals surface area contributed by atoms with Crippen molar-refractivity contribution in [1.29, 1.82) is 0 Å². The Bertz CT molecular complexity index is 580. The van der Waals surface area contributed by atoms with Crippen molar-refractivity contribution in [2.24, 2.45) is 0 Å². The van der Waals surface area contributed by atoms with Crippen molar-refractivity contribution in [3.8, 4) is 11.5 Å². The van der Waals surface area contributed by atoms with E-state index in [4.69, 9.17) is 4.74 Å². The minimum Gasteiger partial charge on any atom is -0.504 e. The summed E-state index contributed by atoms with van der Waals surface area (Å²) < 4.78 is 5.23. The molecule has 0 aliphatic carbocycles. The number of unbranched alkanes of at least 4 members (excludes halogenated alkanes) is 4. The first kappa shape index (κ1) is 24.0. The predicted octanol–water partition coefficient (Wildman–Crippen LogP) is 4.27. The Morgan fingerprint density at radius 3 is 2.69 bits per heavy atom. The number of ether oxygens (including phenoxy) is 1. The van der Waals surface area contributed by atoms with Gasteiger partial charge in [0, 0.05) is 12.1 Å². The van der Waals surface area contributed by atoms with Gasteiger partial charge in [-0.3, -0.25) is 4.90 Å². The lowest BCUT2D eigenvalue weighted by Gasteiger charge is -2.34. The second-order valence-electron chi connectivity index (χ2n) is 8.51. The van der Waals surface area contributed by atoms with Gasteiger partial charge in [0.15, 0.2) is 11.5 Å². The van der Waals surface area contributed by atoms with Gasteiger partial charge in [-0.1, -0.05) is 45.1 Å². The molecule has 0 radical (unpaired) electrons. The Hall–Kier alpha value is -1.30. The zero-order valence-corrected chi connectivity index (χ0v) is 18.4. The van der Waals surface area contributed by atoms with Crippen LogP contribution in [0, 0.1) is 0 Å². The molecule has 166 valence electrons. The molecule has 2 rings (SSSR count). The van der Waals surface area contributed by atoms with Crippen LogP contribution in [0.2, 0.25) is 0 Å². The van der Waals surface area contributed by atoms with Crippen molar-refractivity contribution in [3.63, 3.8) is 0 Å². The van der Waals surface area contributed by atoms with Crippen molar-refractivity contribution in [2.75, 3.05) is 20.3 Å². The first-order valence-electron chi connectivity index (χ1n) is 11.5. The summed E-state index contributed by atoms with van der Waals surface area (Å²) in [5.41, 5.74) is 1.12. The quantitative estimate of drug-likeness (QED) is 0.402. The highest BCUT2D eigenvalue weighted by molar-refractivity contribution is 5.41. The van der Waals surface area contributed by atoms with E-state index in [2.05, 4.69) is 11.8 Å². The first-order chi connectivity index (χ1) is 14.1. The van der Waals surface area contributed by atoms with Crippen LogP contribution in [0.1, 0.15) is 76.7 Å². The van der Waals surface area contributed by atoms with Gasteiger partial charge >= 0.3 is 0 Å². The molecule has 0 bridgehead atoms. The highest BCUT2D eigenvalue weighted by Crippen LogP contribution is 2.29. The number of methoxy groups -OCH3 is 1. The average molecular weight is 408 g/mol. The highest BCUT2D eigenvalue weighted by Gasteiger charge is 2.31. The molecule has 29 heavy (non-hydrogen) atoms. The average Bonchev–Trinajstić information content (AvgIpc) is 3.20. The van der Waals surface area contributed by atoms with Crippen LogP contribution in [0.15, 0.2) is 18.2 Å². The van der Waals surface area contributed by atoms with Gasteiger partial charge in [0.05, 0.1) is 19.8 Å². The van der Waals surface area contributed by atoms with E-state index >= 15 is 0 Å². The molecule has 5 nitrogen and oxygen atoms in total. The molecule has 0 aromatic heterocycles. The molecule has 1 aliphatic heterocycles. The van der Waals surface area contributed by atoms with Crippen molar-refractivity contribution in [3.05, 3.63) is 23.8 Å². The van der Waals surface area contributed by atoms with E-state index in [1.807, 2.05) is 12.1 Å². The van der Waals surface area contributed by atoms with Crippen LogP contribution in [0.4, 0.5) is 0 Å². The highest BCUT2D eigenvalue weighted by atomic mass is 16.5. The number of phenols is 1. The maximum absolute atomic E-state index is 10.7. The van der Waals surface area contributed by atoms with Crippen molar-refractivity contribution < 1.29 is 20.1 Å². The van der Waals surface area contributed by atoms with Gasteiger partial charge in [0.1, 0.15) is 0 Å². The zero-order valence-electron chi connectivity index (χ0n) is 18.4. The Kier molecular flexibility index (Phi) is 10.8. The number of aryl methyl sites for hydroxylation is 1. The summed E-state index contributed by atoms with van der Waals surface area (Å²) in [5.74, 6) is 0.659. The largest absolute Gasteiger partial charge is 0.504 e. The van der Waals surface area contributed by atoms with Gasteiger partial charge in [-0.15, -0.1) is 0 Å². The van der Waals surface area contributed by atoms with Gasteiger partial charge in [-0.25, -0.2) is 0 Å². The van der Waals surface area contributed by atoms with Gasteiger partial charge in [-0.2, -0.15) is 0 Å². The summed E-state index contributed by atoms with van der Waals surface area (Å²) in [6.07, 6.45) is 11.4. The summed E-state index contributed by atoms with van der Waals surface area (Å²) in [7, 11) is 1.56. The molecule has 0 saturated carbocycles. The van der Waals surface area contributed by atoms with Crippen LogP contribution >= 0.6 is 0 Å². The van der Waals surface area contributed by atoms with Crippen LogP contribution in [0.25, 0.3) is 0 Å². The van der Waals surface area contributed by atoms with E-state index in [1.165, 1.54) is 25.7 Å². The molecular formula is C24H41NO4. The van der Waals surface area contributed by atoms with Crippen molar-refractivity contribution in [1.82, 2.24) is 4.90 Å². The van der Waals surface area contributed by atoms with Gasteiger partial charge in [0.2, 0.25) is 0 Å². The molecule has 5 heteroatoms. The third kappa shape index (κ3) is 7.80. The smallest absolute Gasteiger partial charge is 0.160 e. The van der Waals surface area contributed by atoms with Crippen LogP contribution in [0.3, 0.4) is 0 Å². The Balaban J connectivity index is 1.94. The van der Waals surface area contributed by atoms with E-state index in [-0.39, 0.29) is 30.5 Å². The molecule has 0 amide bonds. The fourth-order valence-electron chi connectivity index (χ4n) is 4.58. The van der Waals surface area contributed by atoms with Crippen molar-refractivity contribution >= 4 is 0 Å². The summed E-state index contributed by atoms with van der Waals surface area (Å²) in [6, 6.07) is 5.99. The van der Waals surface area contributed by atoms with E-state index in [0.29, 0.717) is 5.75 Å². The monoisotopic (exact) mass is 407 g/mol. The van der Waals surface area contributed by atoms with Crippen LogP contribution in [0.5, 0.6) is 11.5 Å². The van der Waals surface area contributed by atoms with Gasteiger partial charge in [0.25, 0.3) is 0 Å². The fraction of sp³-hybridized carbons (Fsp3) is 0.750. The van der Waals surface area contributed by atoms with Crippen LogP contribution < -0.4 is 4.74 Å². The number of benzene rings is 1. The van der Waals surface area contributed by atoms with E-state index < -0.39 is 0 Å². The number of nitrogens with zero attached hydrogens (tertiary/aromatic N) is 1. The predicted molar refractivity (Wildman–Crippen MR) is 118 cm³/mol. The van der Waals surface area contributed by atoms with Crippen LogP contribution in [-0.2, 0) is 6.42 Å². The van der Waals surface area contributed by atoms with Gasteiger partial charge < -0.3 is 20.1 Å². The maximum atomic E-state index is 10.7. The fourth-order valence-corrected chi connectivity index (χ4v) is 4.58. The zero-order chi connectivity index (χ0) is 21.1. The Morgan fingerprint density at radius 1 is 1.17 bits per heavy atom. The van der Waals surface area contributed by atoms with E-state index in [9.17, 15) is 15.3 Å². The Labute approximate surface area is 176 Å². The van der Waals surface area contributed by atoms with Crippen LogP contribution in [-0.4, -0.2) is 58.7 Å². The molecule has 1 aromatic carbocycles. The van der Waals surface area contributed by atoms with Gasteiger partial charge in [-0.05, 0) is 62.8 Å². The number of aromatic hydroxyl groups is 1. The number of phenolic OH excluding ortho intramolecular Hbond substituents is 1. The molecule has 1 saturated heterocycles. The summed E-state index contributed by atoms with van der Waals surface area (Å²) >= 11 is 0. The second-order valence-corrected chi connectivity index (χ2v) is 8.51. The molecule has 3 N–H and O–H groups in total. The molecule has 1 heterocycles. The lowest BCUT2D eigenvalue weighted by Crippen LogP contribution is -2.43. The number of aliphatic hydroxyl groups excluding tert-OH is 2. The van der Waals surface area contributed by atoms with Crippen molar-refractivity contribution in [2.45, 2.75) is 95.7 Å². The number of rotatable bonds is 14. The molecule has 1 aliphatic rings. The summed E-state index contributed by atoms with van der Waals surface area (Å²) in [5, 5.41) is 30.3. The standard InChI is InChI=1S/C24H41NO4/c1-3-4-5-6-7-10-22(27)17-20(25-15-8-9-21(25)18-26)13-11-19-12-14-23(28)24(16-19)29-2/h12,14,16,20-22,26-28H,3-11,13,15,17-18H2,1-2H3. The topological polar surface area (TPSA) is 73.2 Å². The molecule has 3 unspecified atom stereocenters. The molecule has 0 spiro atoms. The number of aliphatic hydroxyl groups is 2. The minimum absolute atomic E-state index is 0.159.